The van der Waals surface area contributed by atoms with Crippen LogP contribution in [0.5, 0.6) is 0 Å². The van der Waals surface area contributed by atoms with E-state index in [2.05, 4.69) is 87.7 Å². The van der Waals surface area contributed by atoms with E-state index < -0.39 is 10.0 Å². The van der Waals surface area contributed by atoms with Crippen LogP contribution < -0.4 is 9.21 Å². The van der Waals surface area contributed by atoms with E-state index in [4.69, 9.17) is 23.2 Å². The summed E-state index contributed by atoms with van der Waals surface area (Å²) < 4.78 is 33.3. The van der Waals surface area contributed by atoms with Crippen LogP contribution >= 0.6 is 23.2 Å². The lowest BCUT2D eigenvalue weighted by atomic mass is 9.81. The Morgan fingerprint density at radius 3 is 2.08 bits per heavy atom. The van der Waals surface area contributed by atoms with Crippen molar-refractivity contribution in [3.05, 3.63) is 165 Å². The third-order valence-electron chi connectivity index (χ3n) is 10.6. The van der Waals surface area contributed by atoms with E-state index in [1.165, 1.54) is 0 Å². The third kappa shape index (κ3) is 5.97. The molecule has 0 saturated heterocycles. The zero-order chi connectivity index (χ0) is 36.3. The Kier molecular flexibility index (Phi) is 8.94. The van der Waals surface area contributed by atoms with E-state index in [0.29, 0.717) is 34.3 Å². The van der Waals surface area contributed by atoms with Crippen molar-refractivity contribution in [2.45, 2.75) is 56.3 Å². The number of allylic oxidation sites excluding steroid dienone is 7. The Balaban J connectivity index is 1.42. The summed E-state index contributed by atoms with van der Waals surface area (Å²) in [5.74, 6) is 0. The molecule has 260 valence electrons. The van der Waals surface area contributed by atoms with Crippen LogP contribution in [0.1, 0.15) is 51.7 Å². The van der Waals surface area contributed by atoms with E-state index >= 15 is 0 Å². The minimum Gasteiger partial charge on any atom is -0.347 e. The first-order valence-electron chi connectivity index (χ1n) is 17.2. The first kappa shape index (κ1) is 35.1. The number of sulfonamides is 1. The minimum absolute atomic E-state index is 0.233. The molecule has 0 radical (unpaired) electrons. The fourth-order valence-corrected chi connectivity index (χ4v) is 9.85. The summed E-state index contributed by atoms with van der Waals surface area (Å²) in [4.78, 5) is 2.44. The van der Waals surface area contributed by atoms with E-state index in [0.717, 1.165) is 45.1 Å². The Hall–Kier alpha value is -4.36. The van der Waals surface area contributed by atoms with Gasteiger partial charge in [-0.3, -0.25) is 0 Å². The molecule has 0 bridgehead atoms. The van der Waals surface area contributed by atoms with Crippen molar-refractivity contribution in [3.8, 4) is 0 Å². The lowest BCUT2D eigenvalue weighted by molar-refractivity contribution is -0.401. The third-order valence-corrected chi connectivity index (χ3v) is 12.8. The molecule has 4 aromatic rings. The van der Waals surface area contributed by atoms with Gasteiger partial charge in [0, 0.05) is 51.6 Å². The molecule has 2 aliphatic heterocycles. The second-order valence-corrected chi connectivity index (χ2v) is 17.1. The Morgan fingerprint density at radius 2 is 1.39 bits per heavy atom. The SMILES string of the molecule is CN1/C(=C/C=C2\CCC(/C=C/C3=[N+](C)c4ccc(Cl)cc4C3(C)C)=C2N(c2ccccc2)S(=O)(=O)c2ccccc2)C(C)(C)c2cc(Cl)ccc21. The molecule has 0 saturated carbocycles. The second-order valence-electron chi connectivity index (χ2n) is 14.4. The number of likely N-dealkylation sites (N-methyl/N-ethyl adjacent to an activating group) is 1. The number of hydrogen-bond acceptors (Lipinski definition) is 3. The summed E-state index contributed by atoms with van der Waals surface area (Å²) in [6, 6.07) is 30.1. The highest BCUT2D eigenvalue weighted by molar-refractivity contribution is 7.93. The standard InChI is InChI=1S/C43H42Cl2N3O2S/c1-42(2)35-27-31(44)21-23-37(35)46(5)39(42)25-19-29-17-18-30(20-26-40-43(3,4)36-28-32(45)22-24-38(36)47(40)6)41(29)48(33-13-9-7-10-14-33)51(49,50)34-15-11-8-12-16-34/h7-16,19-28H,17-18H2,1-6H3/q+1. The molecule has 0 N–H and O–H groups in total. The molecule has 2 heterocycles. The van der Waals surface area contributed by atoms with Gasteiger partial charge < -0.3 is 4.90 Å². The number of para-hydroxylation sites is 1. The van der Waals surface area contributed by atoms with Gasteiger partial charge >= 0.3 is 0 Å². The van der Waals surface area contributed by atoms with Gasteiger partial charge in [0.15, 0.2) is 5.71 Å². The van der Waals surface area contributed by atoms with Crippen LogP contribution in [-0.2, 0) is 20.9 Å². The Labute approximate surface area is 312 Å². The predicted molar refractivity (Wildman–Crippen MR) is 212 cm³/mol. The van der Waals surface area contributed by atoms with Crippen molar-refractivity contribution in [2.75, 3.05) is 23.3 Å². The van der Waals surface area contributed by atoms with E-state index in [1.807, 2.05) is 60.7 Å². The van der Waals surface area contributed by atoms with Gasteiger partial charge in [-0.1, -0.05) is 85.6 Å². The zero-order valence-electron chi connectivity index (χ0n) is 29.8. The molecule has 3 aliphatic rings. The summed E-state index contributed by atoms with van der Waals surface area (Å²) in [5.41, 5.74) is 9.29. The van der Waals surface area contributed by atoms with E-state index in [-0.39, 0.29) is 15.7 Å². The van der Waals surface area contributed by atoms with Gasteiger partial charge in [0.25, 0.3) is 10.0 Å². The number of rotatable bonds is 7. The monoisotopic (exact) mass is 734 g/mol. The Bertz CT molecular complexity index is 2320. The summed E-state index contributed by atoms with van der Waals surface area (Å²) in [5, 5.41) is 1.41. The van der Waals surface area contributed by atoms with Crippen molar-refractivity contribution >= 4 is 56.0 Å². The molecule has 1 aliphatic carbocycles. The highest BCUT2D eigenvalue weighted by atomic mass is 35.5. The molecule has 7 rings (SSSR count). The summed E-state index contributed by atoms with van der Waals surface area (Å²) >= 11 is 12.9. The van der Waals surface area contributed by atoms with Crippen molar-refractivity contribution in [3.63, 3.8) is 0 Å². The smallest absolute Gasteiger partial charge is 0.268 e. The first-order valence-corrected chi connectivity index (χ1v) is 19.4. The number of anilines is 2. The quantitative estimate of drug-likeness (QED) is 0.178. The molecular formula is C43H42Cl2N3O2S+. The van der Waals surface area contributed by atoms with Gasteiger partial charge in [-0.15, -0.1) is 0 Å². The zero-order valence-corrected chi connectivity index (χ0v) is 32.1. The lowest BCUT2D eigenvalue weighted by Gasteiger charge is -2.28. The Morgan fingerprint density at radius 1 is 0.765 bits per heavy atom. The number of fused-ring (bicyclic) bond motifs is 2. The molecule has 0 unspecified atom stereocenters. The van der Waals surface area contributed by atoms with Crippen LogP contribution in [0.4, 0.5) is 17.1 Å². The lowest BCUT2D eigenvalue weighted by Crippen LogP contribution is -2.31. The first-order chi connectivity index (χ1) is 24.2. The maximum Gasteiger partial charge on any atom is 0.268 e. The van der Waals surface area contributed by atoms with Gasteiger partial charge in [-0.2, -0.15) is 4.58 Å². The highest BCUT2D eigenvalue weighted by Gasteiger charge is 2.43. The van der Waals surface area contributed by atoms with Crippen LogP contribution in [0, 0.1) is 0 Å². The molecule has 0 spiro atoms. The molecular weight excluding hydrogens is 693 g/mol. The fourth-order valence-electron chi connectivity index (χ4n) is 7.92. The normalized spacial score (nSPS) is 19.5. The molecule has 0 atom stereocenters. The average molecular weight is 736 g/mol. The van der Waals surface area contributed by atoms with Crippen molar-refractivity contribution in [1.29, 1.82) is 0 Å². The van der Waals surface area contributed by atoms with Crippen molar-refractivity contribution in [2.24, 2.45) is 0 Å². The number of benzene rings is 4. The second kappa shape index (κ2) is 13.0. The minimum atomic E-state index is -4.02. The van der Waals surface area contributed by atoms with Crippen LogP contribution in [-0.4, -0.2) is 32.8 Å². The van der Waals surface area contributed by atoms with Crippen molar-refractivity contribution in [1.82, 2.24) is 0 Å². The summed E-state index contributed by atoms with van der Waals surface area (Å²) in [7, 11) is 0.127. The summed E-state index contributed by atoms with van der Waals surface area (Å²) in [6.45, 7) is 8.81. The molecule has 4 aromatic carbocycles. The van der Waals surface area contributed by atoms with Gasteiger partial charge in [0.05, 0.1) is 21.7 Å². The van der Waals surface area contributed by atoms with E-state index in [9.17, 15) is 8.42 Å². The molecule has 0 amide bonds. The predicted octanol–water partition coefficient (Wildman–Crippen LogP) is 10.7. The van der Waals surface area contributed by atoms with Crippen LogP contribution in [0.25, 0.3) is 0 Å². The van der Waals surface area contributed by atoms with Gasteiger partial charge in [0.2, 0.25) is 5.69 Å². The van der Waals surface area contributed by atoms with Gasteiger partial charge in [-0.05, 0) is 104 Å². The topological polar surface area (TPSA) is 43.6 Å². The largest absolute Gasteiger partial charge is 0.347 e. The fraction of sp³-hybridized carbons (Fsp3) is 0.233. The number of hydrogen-bond donors (Lipinski definition) is 0. The highest BCUT2D eigenvalue weighted by Crippen LogP contribution is 2.48. The van der Waals surface area contributed by atoms with Crippen LogP contribution in [0.2, 0.25) is 10.0 Å². The molecule has 8 heteroatoms. The maximum atomic E-state index is 14.8. The number of nitrogens with zero attached hydrogens (tertiary/aromatic N) is 3. The maximum absolute atomic E-state index is 14.8. The number of halogens is 2. The summed E-state index contributed by atoms with van der Waals surface area (Å²) in [6.07, 6.45) is 9.89. The molecule has 0 fully saturated rings. The molecule has 5 nitrogen and oxygen atoms in total. The van der Waals surface area contributed by atoms with Gasteiger partial charge in [-0.25, -0.2) is 12.7 Å². The van der Waals surface area contributed by atoms with Crippen LogP contribution in [0.3, 0.4) is 0 Å². The average Bonchev–Trinajstić information content (AvgIpc) is 3.64. The van der Waals surface area contributed by atoms with Crippen molar-refractivity contribution < 1.29 is 13.0 Å². The van der Waals surface area contributed by atoms with Crippen LogP contribution in [0.15, 0.2) is 149 Å². The van der Waals surface area contributed by atoms with Gasteiger partial charge in [0.1, 0.15) is 7.05 Å². The van der Waals surface area contributed by atoms with E-state index in [1.54, 1.807) is 28.6 Å². The molecule has 0 aromatic heterocycles. The molecule has 51 heavy (non-hydrogen) atoms.